The fourth-order valence-corrected chi connectivity index (χ4v) is 8.77. The van der Waals surface area contributed by atoms with Gasteiger partial charge in [-0.15, -0.1) is 0 Å². The van der Waals surface area contributed by atoms with E-state index in [1.165, 1.54) is 4.57 Å². The standard InChI is InChI=1S/C31H46N12O18P2/c32-2-4-53-6-8-55-10-9-54-7-5-52-3-1-17(44)37-18-22-15(58-28(18)42-13-35-19-24(42)38-30(33)40-26(19)46)11-56-63(50,51)61-23-16(12-57-62(48,49)60-22)59-29(21(23)45)43-14-36-20-25(43)39-31(34)41-27(20)47/h13-16,18,21-23,28-29,45H,1-12,32H2,(H,37,44)(H,48,49)(H,50,51)(H3,33,38,40,46)(H3,34,39,41,47)/t15-,16-,18?,21+,22+,23+,28-,29-/m1/s1. The van der Waals surface area contributed by atoms with Gasteiger partial charge in [-0.1, -0.05) is 0 Å². The van der Waals surface area contributed by atoms with Gasteiger partial charge in [0.2, 0.25) is 17.8 Å². The number of nitrogens with one attached hydrogen (secondary N) is 3. The second-order valence-electron chi connectivity index (χ2n) is 13.9. The zero-order chi connectivity index (χ0) is 44.9. The lowest BCUT2D eigenvalue weighted by molar-refractivity contribution is -0.124. The summed E-state index contributed by atoms with van der Waals surface area (Å²) in [5, 5.41) is 14.0. The number of nitrogens with zero attached hydrogens (tertiary/aromatic N) is 6. The smallest absolute Gasteiger partial charge is 0.386 e. The summed E-state index contributed by atoms with van der Waals surface area (Å²) in [6, 6.07) is -1.46. The molecule has 348 valence electrons. The van der Waals surface area contributed by atoms with Crippen LogP contribution in [0.15, 0.2) is 22.2 Å². The van der Waals surface area contributed by atoms with Crippen molar-refractivity contribution < 1.29 is 75.3 Å². The minimum Gasteiger partial charge on any atom is -0.386 e. The number of fused-ring (bicyclic) bond motifs is 4. The van der Waals surface area contributed by atoms with Gasteiger partial charge < -0.3 is 65.8 Å². The molecule has 0 saturated carbocycles. The molecule has 0 aromatic carbocycles. The predicted octanol–water partition coefficient (Wildman–Crippen LogP) is -3.51. The number of aromatic amines is 2. The van der Waals surface area contributed by atoms with Crippen molar-refractivity contribution in [2.45, 2.75) is 55.4 Å². The number of phosphoric acid groups is 2. The van der Waals surface area contributed by atoms with Gasteiger partial charge in [0, 0.05) is 13.0 Å². The first kappa shape index (κ1) is 46.7. The summed E-state index contributed by atoms with van der Waals surface area (Å²) in [6.45, 7) is 0.664. The van der Waals surface area contributed by atoms with Gasteiger partial charge in [-0.2, -0.15) is 9.97 Å². The fraction of sp³-hybridized carbons (Fsp3) is 0.645. The Morgan fingerprint density at radius 3 is 1.76 bits per heavy atom. The lowest BCUT2D eigenvalue weighted by Gasteiger charge is -2.29. The topological polar surface area (TPSA) is 421 Å². The Hall–Kier alpha value is -4.33. The van der Waals surface area contributed by atoms with Gasteiger partial charge >= 0.3 is 15.6 Å². The SMILES string of the molecule is NCCOCCOCCOCCOCCC(=O)NC1[C@H]2OP(=O)(O)OC[C@H]3O[C@@H](n4cnc5c(=O)[nH]c(N)nc54)[C@@H](O)[C@H]3OP(=O)(O)OC[C@H]2O[C@H]1n1cnc2c(=O)[nH]c(N)nc21. The second kappa shape index (κ2) is 20.2. The number of nitrogen functional groups attached to an aromatic ring is 2. The zero-order valence-corrected chi connectivity index (χ0v) is 34.8. The number of carbonyl (C=O) groups excluding carboxylic acids is 1. The van der Waals surface area contributed by atoms with Gasteiger partial charge in [-0.25, -0.2) is 19.1 Å². The van der Waals surface area contributed by atoms with Gasteiger partial charge in [0.05, 0.1) is 78.7 Å². The minimum atomic E-state index is -5.24. The zero-order valence-electron chi connectivity index (χ0n) is 33.0. The summed E-state index contributed by atoms with van der Waals surface area (Å²) < 4.78 is 84.7. The number of nitrogens with two attached hydrogens (primary N) is 3. The molecule has 10 atom stereocenters. The van der Waals surface area contributed by atoms with E-state index in [1.807, 2.05) is 0 Å². The molecule has 3 unspecified atom stereocenters. The summed E-state index contributed by atoms with van der Waals surface area (Å²) in [7, 11) is -10.5. The van der Waals surface area contributed by atoms with Crippen LogP contribution >= 0.6 is 15.6 Å². The molecule has 4 aromatic heterocycles. The van der Waals surface area contributed by atoms with Crippen molar-refractivity contribution in [1.29, 1.82) is 0 Å². The number of ether oxygens (including phenoxy) is 6. The number of phosphoric ester groups is 2. The molecule has 7 rings (SSSR count). The number of carbonyl (C=O) groups is 1. The van der Waals surface area contributed by atoms with Crippen LogP contribution in [0.1, 0.15) is 18.9 Å². The fourth-order valence-electron chi connectivity index (χ4n) is 6.84. The molecule has 7 heterocycles. The largest absolute Gasteiger partial charge is 0.472 e. The van der Waals surface area contributed by atoms with Crippen LogP contribution in [0, 0.1) is 0 Å². The Kier molecular flexibility index (Phi) is 15.0. The van der Waals surface area contributed by atoms with E-state index >= 15 is 0 Å². The monoisotopic (exact) mass is 936 g/mol. The Balaban J connectivity index is 1.06. The number of imidazole rings is 2. The van der Waals surface area contributed by atoms with E-state index < -0.39 is 94.9 Å². The van der Waals surface area contributed by atoms with Crippen LogP contribution in [0.25, 0.3) is 22.3 Å². The highest BCUT2D eigenvalue weighted by molar-refractivity contribution is 7.47. The molecule has 1 amide bonds. The van der Waals surface area contributed by atoms with Crippen molar-refractivity contribution in [1.82, 2.24) is 44.4 Å². The highest BCUT2D eigenvalue weighted by Crippen LogP contribution is 2.53. The average molecular weight is 937 g/mol. The Morgan fingerprint density at radius 1 is 0.762 bits per heavy atom. The molecule has 0 aliphatic carbocycles. The summed E-state index contributed by atoms with van der Waals surface area (Å²) in [5.74, 6) is -1.28. The summed E-state index contributed by atoms with van der Waals surface area (Å²) in [5.41, 5.74) is 14.8. The van der Waals surface area contributed by atoms with E-state index in [0.717, 1.165) is 17.2 Å². The van der Waals surface area contributed by atoms with Gasteiger partial charge in [-0.3, -0.25) is 51.6 Å². The number of H-pyrrole nitrogens is 2. The highest BCUT2D eigenvalue weighted by atomic mass is 31.2. The first-order valence-electron chi connectivity index (χ1n) is 19.2. The maximum Gasteiger partial charge on any atom is 0.472 e. The summed E-state index contributed by atoms with van der Waals surface area (Å²) in [6.07, 6.45) is -9.50. The summed E-state index contributed by atoms with van der Waals surface area (Å²) >= 11 is 0. The number of anilines is 2. The highest BCUT2D eigenvalue weighted by Gasteiger charge is 2.54. The van der Waals surface area contributed by atoms with Crippen molar-refractivity contribution >= 4 is 55.8 Å². The molecule has 3 aliphatic heterocycles. The first-order valence-corrected chi connectivity index (χ1v) is 22.2. The number of aliphatic hydroxyl groups is 1. The molecular formula is C31H46N12O18P2. The normalized spacial score (nSPS) is 30.2. The lowest BCUT2D eigenvalue weighted by Crippen LogP contribution is -2.48. The van der Waals surface area contributed by atoms with Crippen LogP contribution in [0.3, 0.4) is 0 Å². The third-order valence-electron chi connectivity index (χ3n) is 9.59. The maximum absolute atomic E-state index is 13.7. The van der Waals surface area contributed by atoms with Crippen molar-refractivity contribution in [2.75, 3.05) is 84.1 Å². The Morgan fingerprint density at radius 2 is 1.22 bits per heavy atom. The van der Waals surface area contributed by atoms with Crippen LogP contribution in [0.5, 0.6) is 0 Å². The number of rotatable bonds is 17. The van der Waals surface area contributed by atoms with Gasteiger partial charge in [0.25, 0.3) is 11.1 Å². The predicted molar refractivity (Wildman–Crippen MR) is 209 cm³/mol. The summed E-state index contributed by atoms with van der Waals surface area (Å²) in [4.78, 5) is 81.3. The van der Waals surface area contributed by atoms with E-state index in [-0.39, 0.29) is 67.1 Å². The third-order valence-corrected chi connectivity index (χ3v) is 11.6. The van der Waals surface area contributed by atoms with Crippen molar-refractivity contribution in [2.24, 2.45) is 5.73 Å². The number of aliphatic hydroxyl groups excluding tert-OH is 1. The molecule has 3 aliphatic rings. The average Bonchev–Trinajstić information content (AvgIpc) is 3.99. The molecular weight excluding hydrogens is 890 g/mol. The molecule has 3 fully saturated rings. The van der Waals surface area contributed by atoms with Crippen molar-refractivity contribution in [3.63, 3.8) is 0 Å². The van der Waals surface area contributed by atoms with Crippen LogP contribution in [-0.4, -0.2) is 169 Å². The quantitative estimate of drug-likeness (QED) is 0.0366. The molecule has 12 N–H and O–H groups in total. The Labute approximate surface area is 353 Å². The Bertz CT molecular complexity index is 2430. The number of amides is 1. The van der Waals surface area contributed by atoms with Crippen LogP contribution in [0.4, 0.5) is 11.9 Å². The lowest BCUT2D eigenvalue weighted by atomic mass is 10.1. The molecule has 0 spiro atoms. The van der Waals surface area contributed by atoms with Crippen molar-refractivity contribution in [3.8, 4) is 0 Å². The number of hydrogen-bond acceptors (Lipinski definition) is 23. The third kappa shape index (κ3) is 11.1. The molecule has 3 saturated heterocycles. The van der Waals surface area contributed by atoms with E-state index in [2.05, 4.69) is 35.2 Å². The molecule has 0 radical (unpaired) electrons. The van der Waals surface area contributed by atoms with Crippen LogP contribution in [0.2, 0.25) is 0 Å². The van der Waals surface area contributed by atoms with Crippen molar-refractivity contribution in [3.05, 3.63) is 33.4 Å². The minimum absolute atomic E-state index is 0.0984. The van der Waals surface area contributed by atoms with Gasteiger partial charge in [-0.05, 0) is 0 Å². The van der Waals surface area contributed by atoms with Crippen LogP contribution < -0.4 is 33.6 Å². The molecule has 0 bridgehead atoms. The van der Waals surface area contributed by atoms with E-state index in [9.17, 15) is 38.4 Å². The van der Waals surface area contributed by atoms with Gasteiger partial charge in [0.15, 0.2) is 34.8 Å². The molecule has 63 heavy (non-hydrogen) atoms. The van der Waals surface area contributed by atoms with Gasteiger partial charge in [0.1, 0.15) is 36.6 Å². The molecule has 30 nitrogen and oxygen atoms in total. The van der Waals surface area contributed by atoms with Crippen LogP contribution in [-0.2, 0) is 60.4 Å². The van der Waals surface area contributed by atoms with E-state index in [0.29, 0.717) is 33.0 Å². The number of aromatic nitrogens is 8. The van der Waals surface area contributed by atoms with E-state index in [4.69, 9.17) is 63.7 Å². The molecule has 32 heteroatoms. The number of hydrogen-bond donors (Lipinski definition) is 9. The first-order chi connectivity index (χ1) is 30.1. The second-order valence-corrected chi connectivity index (χ2v) is 16.7. The molecule has 4 aromatic rings. The van der Waals surface area contributed by atoms with E-state index in [1.54, 1.807) is 0 Å². The maximum atomic E-state index is 13.7.